The molecule has 2 rings (SSSR count). The first-order valence-corrected chi connectivity index (χ1v) is 6.38. The second-order valence-electron chi connectivity index (χ2n) is 4.28. The maximum absolute atomic E-state index is 11.2. The topological polar surface area (TPSA) is 84.8 Å². The summed E-state index contributed by atoms with van der Waals surface area (Å²) in [6, 6.07) is 8.88. The lowest BCUT2D eigenvalue weighted by Gasteiger charge is -2.04. The van der Waals surface area contributed by atoms with Crippen molar-refractivity contribution in [3.63, 3.8) is 0 Å². The van der Waals surface area contributed by atoms with Crippen molar-refractivity contribution in [2.75, 3.05) is 0 Å². The minimum absolute atomic E-state index is 0.0966. The van der Waals surface area contributed by atoms with Gasteiger partial charge in [0.05, 0.1) is 22.2 Å². The van der Waals surface area contributed by atoms with Gasteiger partial charge in [0.25, 0.3) is 0 Å². The summed E-state index contributed by atoms with van der Waals surface area (Å²) >= 11 is 0. The molecule has 6 heteroatoms. The van der Waals surface area contributed by atoms with Crippen LogP contribution in [0.5, 0.6) is 0 Å². The van der Waals surface area contributed by atoms with E-state index in [0.29, 0.717) is 29.8 Å². The Morgan fingerprint density at radius 3 is 2.40 bits per heavy atom. The van der Waals surface area contributed by atoms with Gasteiger partial charge in [0.15, 0.2) is 0 Å². The Morgan fingerprint density at radius 1 is 1.30 bits per heavy atom. The lowest BCUT2D eigenvalue weighted by atomic mass is 10.2. The maximum Gasteiger partial charge on any atom is 0.313 e. The summed E-state index contributed by atoms with van der Waals surface area (Å²) in [5.74, 6) is 0. The summed E-state index contributed by atoms with van der Waals surface area (Å²) in [6.45, 7) is 3.71. The largest absolute Gasteiger partial charge is 0.313 e. The fraction of sp³-hybridized carbons (Fsp3) is 0.286. The van der Waals surface area contributed by atoms with Crippen molar-refractivity contribution in [3.8, 4) is 11.8 Å². The molecule has 0 atom stereocenters. The van der Waals surface area contributed by atoms with Crippen molar-refractivity contribution in [2.24, 2.45) is 0 Å². The Morgan fingerprint density at radius 2 is 1.95 bits per heavy atom. The number of nitro groups is 1. The Kier molecular flexibility index (Phi) is 3.80. The van der Waals surface area contributed by atoms with Crippen LogP contribution in [0.3, 0.4) is 0 Å². The van der Waals surface area contributed by atoms with Crippen molar-refractivity contribution in [2.45, 2.75) is 26.7 Å². The van der Waals surface area contributed by atoms with Crippen LogP contribution in [0.25, 0.3) is 5.69 Å². The van der Waals surface area contributed by atoms with E-state index in [1.165, 1.54) is 0 Å². The Hall–Kier alpha value is -2.68. The molecule has 0 fully saturated rings. The Balaban J connectivity index is 2.61. The highest BCUT2D eigenvalue weighted by Gasteiger charge is 2.25. The highest BCUT2D eigenvalue weighted by molar-refractivity contribution is 5.48. The smallest absolute Gasteiger partial charge is 0.258 e. The third-order valence-electron chi connectivity index (χ3n) is 3.12. The zero-order chi connectivity index (χ0) is 14.7. The Labute approximate surface area is 116 Å². The molecule has 6 nitrogen and oxygen atoms in total. The first kappa shape index (κ1) is 13.7. The lowest BCUT2D eigenvalue weighted by Crippen LogP contribution is -2.02. The molecule has 0 radical (unpaired) electrons. The SMILES string of the molecule is CCc1nn(-c2ccc(C#N)cc2)c(CC)c1[N+](=O)[O-]. The predicted molar refractivity (Wildman–Crippen MR) is 73.7 cm³/mol. The standard InChI is InChI=1S/C14H14N4O2/c1-3-12-14(18(19)20)13(4-2)17(16-12)11-7-5-10(9-15)6-8-11/h5-8H,3-4H2,1-2H3. The van der Waals surface area contributed by atoms with Gasteiger partial charge in [0, 0.05) is 0 Å². The van der Waals surface area contributed by atoms with Gasteiger partial charge in [-0.15, -0.1) is 0 Å². The molecule has 0 aliphatic heterocycles. The third kappa shape index (κ3) is 2.26. The number of aromatic nitrogens is 2. The van der Waals surface area contributed by atoms with Crippen LogP contribution in [0.4, 0.5) is 5.69 Å². The van der Waals surface area contributed by atoms with Gasteiger partial charge >= 0.3 is 5.69 Å². The molecule has 0 aliphatic rings. The molecule has 0 amide bonds. The van der Waals surface area contributed by atoms with E-state index in [2.05, 4.69) is 5.10 Å². The second kappa shape index (κ2) is 5.53. The monoisotopic (exact) mass is 270 g/mol. The Bertz CT molecular complexity index is 680. The second-order valence-corrected chi connectivity index (χ2v) is 4.28. The number of nitrogens with zero attached hydrogens (tertiary/aromatic N) is 4. The molecule has 0 saturated carbocycles. The minimum Gasteiger partial charge on any atom is -0.258 e. The number of aryl methyl sites for hydroxylation is 1. The molecule has 102 valence electrons. The summed E-state index contributed by atoms with van der Waals surface area (Å²) in [6.07, 6.45) is 1.02. The quantitative estimate of drug-likeness (QED) is 0.631. The molecular weight excluding hydrogens is 256 g/mol. The molecule has 2 aromatic rings. The average molecular weight is 270 g/mol. The third-order valence-corrected chi connectivity index (χ3v) is 3.12. The normalized spacial score (nSPS) is 10.2. The first-order valence-electron chi connectivity index (χ1n) is 6.38. The molecule has 20 heavy (non-hydrogen) atoms. The number of rotatable bonds is 4. The van der Waals surface area contributed by atoms with E-state index in [0.717, 1.165) is 5.69 Å². The van der Waals surface area contributed by atoms with Crippen molar-refractivity contribution < 1.29 is 4.92 Å². The van der Waals surface area contributed by atoms with Crippen LogP contribution in [0, 0.1) is 21.4 Å². The zero-order valence-corrected chi connectivity index (χ0v) is 11.3. The maximum atomic E-state index is 11.2. The summed E-state index contributed by atoms with van der Waals surface area (Å²) < 4.78 is 1.60. The number of benzene rings is 1. The molecule has 1 heterocycles. The molecule has 1 aromatic heterocycles. The van der Waals surface area contributed by atoms with E-state index in [1.54, 1.807) is 28.9 Å². The molecule has 0 aliphatic carbocycles. The predicted octanol–water partition coefficient (Wildman–Crippen LogP) is 2.78. The number of hydrogen-bond acceptors (Lipinski definition) is 4. The molecule has 0 spiro atoms. The van der Waals surface area contributed by atoms with E-state index in [4.69, 9.17) is 5.26 Å². The van der Waals surface area contributed by atoms with Crippen LogP contribution in [0.15, 0.2) is 24.3 Å². The van der Waals surface area contributed by atoms with Crippen LogP contribution >= 0.6 is 0 Å². The van der Waals surface area contributed by atoms with Crippen molar-refractivity contribution in [1.29, 1.82) is 5.26 Å². The van der Waals surface area contributed by atoms with E-state index < -0.39 is 0 Å². The molecule has 0 saturated heterocycles. The van der Waals surface area contributed by atoms with Crippen molar-refractivity contribution in [1.82, 2.24) is 9.78 Å². The van der Waals surface area contributed by atoms with Gasteiger partial charge in [0.1, 0.15) is 11.4 Å². The van der Waals surface area contributed by atoms with Gasteiger partial charge in [0.2, 0.25) is 0 Å². The molecular formula is C14H14N4O2. The average Bonchev–Trinajstić information content (AvgIpc) is 2.86. The van der Waals surface area contributed by atoms with Crippen LogP contribution in [-0.2, 0) is 12.8 Å². The van der Waals surface area contributed by atoms with Gasteiger partial charge in [-0.1, -0.05) is 13.8 Å². The summed E-state index contributed by atoms with van der Waals surface area (Å²) in [5.41, 5.74) is 2.43. The fourth-order valence-electron chi connectivity index (χ4n) is 2.15. The molecule has 0 unspecified atom stereocenters. The lowest BCUT2D eigenvalue weighted by molar-refractivity contribution is -0.386. The van der Waals surface area contributed by atoms with E-state index >= 15 is 0 Å². The van der Waals surface area contributed by atoms with Gasteiger partial charge in [-0.05, 0) is 37.1 Å². The van der Waals surface area contributed by atoms with Crippen LogP contribution in [-0.4, -0.2) is 14.7 Å². The molecule has 1 aromatic carbocycles. The van der Waals surface area contributed by atoms with Gasteiger partial charge in [-0.2, -0.15) is 10.4 Å². The van der Waals surface area contributed by atoms with Gasteiger partial charge < -0.3 is 0 Å². The summed E-state index contributed by atoms with van der Waals surface area (Å²) in [7, 11) is 0. The van der Waals surface area contributed by atoms with Crippen molar-refractivity contribution >= 4 is 5.69 Å². The summed E-state index contributed by atoms with van der Waals surface area (Å²) in [5, 5.41) is 24.4. The fourth-order valence-corrected chi connectivity index (χ4v) is 2.15. The van der Waals surface area contributed by atoms with E-state index in [-0.39, 0.29) is 10.6 Å². The van der Waals surface area contributed by atoms with Crippen molar-refractivity contribution in [3.05, 3.63) is 51.3 Å². The minimum atomic E-state index is -0.370. The van der Waals surface area contributed by atoms with E-state index in [9.17, 15) is 10.1 Å². The van der Waals surface area contributed by atoms with Gasteiger partial charge in [-0.3, -0.25) is 10.1 Å². The molecule has 0 bridgehead atoms. The zero-order valence-electron chi connectivity index (χ0n) is 11.3. The van der Waals surface area contributed by atoms with Crippen LogP contribution < -0.4 is 0 Å². The van der Waals surface area contributed by atoms with Gasteiger partial charge in [-0.25, -0.2) is 4.68 Å². The van der Waals surface area contributed by atoms with Crippen LogP contribution in [0.2, 0.25) is 0 Å². The highest BCUT2D eigenvalue weighted by Crippen LogP contribution is 2.27. The first-order chi connectivity index (χ1) is 9.62. The van der Waals surface area contributed by atoms with E-state index in [1.807, 2.05) is 19.9 Å². The molecule has 0 N–H and O–H groups in total. The highest BCUT2D eigenvalue weighted by atomic mass is 16.6. The number of hydrogen-bond donors (Lipinski definition) is 0. The summed E-state index contributed by atoms with van der Waals surface area (Å²) in [4.78, 5) is 10.8. The number of nitriles is 1. The van der Waals surface area contributed by atoms with Crippen LogP contribution in [0.1, 0.15) is 30.8 Å².